The van der Waals surface area contributed by atoms with Gasteiger partial charge in [0.05, 0.1) is 21.4 Å². The Hall–Kier alpha value is -6.67. The molecule has 0 fully saturated rings. The molecule has 0 bridgehead atoms. The third-order valence-electron chi connectivity index (χ3n) is 15.7. The Labute approximate surface area is 404 Å². The van der Waals surface area contributed by atoms with Crippen LogP contribution in [-0.2, 0) is 16.2 Å². The van der Waals surface area contributed by atoms with Crippen LogP contribution < -0.4 is 16.2 Å². The molecular formula is C61H50BN3OS2. The molecule has 0 unspecified atom stereocenters. The number of fused-ring (bicyclic) bond motifs is 13. The highest BCUT2D eigenvalue weighted by atomic mass is 32.1. The first-order valence-corrected chi connectivity index (χ1v) is 25.7. The average molecular weight is 916 g/mol. The van der Waals surface area contributed by atoms with Gasteiger partial charge >= 0.3 is 0 Å². The van der Waals surface area contributed by atoms with Gasteiger partial charge < -0.3 is 14.3 Å². The molecule has 0 atom stereocenters. The number of furan rings is 1. The second-order valence-electron chi connectivity index (χ2n) is 21.9. The first-order valence-electron chi connectivity index (χ1n) is 24.1. The van der Waals surface area contributed by atoms with Gasteiger partial charge in [-0.15, -0.1) is 22.7 Å². The largest absolute Gasteiger partial charge is 0.456 e. The van der Waals surface area contributed by atoms with Crippen LogP contribution in [-0.4, -0.2) is 16.8 Å². The third kappa shape index (κ3) is 5.94. The summed E-state index contributed by atoms with van der Waals surface area (Å²) in [5.74, 6) is 0. The number of benzene rings is 8. The molecule has 0 saturated carbocycles. The van der Waals surface area contributed by atoms with E-state index in [1.165, 1.54) is 96.5 Å². The zero-order valence-electron chi connectivity index (χ0n) is 39.5. The van der Waals surface area contributed by atoms with E-state index in [4.69, 9.17) is 9.40 Å². The van der Waals surface area contributed by atoms with Crippen LogP contribution in [0.2, 0.25) is 0 Å². The van der Waals surface area contributed by atoms with Crippen molar-refractivity contribution in [3.8, 4) is 27.4 Å². The van der Waals surface area contributed by atoms with E-state index in [-0.39, 0.29) is 16.2 Å². The second-order valence-corrected chi connectivity index (χ2v) is 24.0. The average Bonchev–Trinajstić information content (AvgIpc) is 4.09. The van der Waals surface area contributed by atoms with E-state index < -0.39 is 0 Å². The first-order chi connectivity index (χ1) is 32.8. The van der Waals surface area contributed by atoms with Crippen LogP contribution in [0.5, 0.6) is 0 Å². The molecule has 1 aliphatic carbocycles. The van der Waals surface area contributed by atoms with Crippen LogP contribution in [0.1, 0.15) is 78.0 Å². The van der Waals surface area contributed by atoms with Crippen LogP contribution >= 0.6 is 22.7 Å². The van der Waals surface area contributed by atoms with Crippen molar-refractivity contribution in [2.24, 2.45) is 0 Å². The number of thiazole rings is 1. The summed E-state index contributed by atoms with van der Waals surface area (Å²) < 4.78 is 13.4. The number of aromatic nitrogens is 2. The Morgan fingerprint density at radius 3 is 2.15 bits per heavy atom. The summed E-state index contributed by atoms with van der Waals surface area (Å²) in [6, 6.07) is 52.5. The van der Waals surface area contributed by atoms with Gasteiger partial charge in [0.2, 0.25) is 0 Å². The molecule has 330 valence electrons. The predicted octanol–water partition coefficient (Wildman–Crippen LogP) is 16.1. The van der Waals surface area contributed by atoms with Gasteiger partial charge in [0, 0.05) is 75.8 Å². The van der Waals surface area contributed by atoms with Gasteiger partial charge in [-0.05, 0) is 117 Å². The minimum absolute atomic E-state index is 0.0570. The van der Waals surface area contributed by atoms with Crippen molar-refractivity contribution in [1.82, 2.24) is 9.55 Å². The molecule has 1 N–H and O–H groups in total. The fraction of sp³-hybridized carbons (Fsp3) is 0.197. The van der Waals surface area contributed by atoms with Crippen molar-refractivity contribution in [3.05, 3.63) is 156 Å². The molecule has 2 aliphatic rings. The van der Waals surface area contributed by atoms with Crippen molar-refractivity contribution >= 4 is 126 Å². The monoisotopic (exact) mass is 915 g/mol. The zero-order chi connectivity index (χ0) is 46.0. The van der Waals surface area contributed by atoms with Crippen molar-refractivity contribution in [2.45, 2.75) is 77.6 Å². The number of nitrogens with one attached hydrogen (secondary N) is 1. The topological polar surface area (TPSA) is 43.0 Å². The maximum absolute atomic E-state index is 6.94. The normalized spacial score (nSPS) is 15.2. The maximum Gasteiger partial charge on any atom is 0.198 e. The Morgan fingerprint density at radius 2 is 1.35 bits per heavy atom. The van der Waals surface area contributed by atoms with Crippen LogP contribution in [0.4, 0.5) is 11.4 Å². The molecule has 0 saturated heterocycles. The van der Waals surface area contributed by atoms with E-state index in [0.717, 1.165) is 64.1 Å². The van der Waals surface area contributed by atoms with Gasteiger partial charge in [-0.3, -0.25) is 0 Å². The minimum Gasteiger partial charge on any atom is -0.456 e. The lowest BCUT2D eigenvalue weighted by Crippen LogP contribution is -2.37. The predicted molar refractivity (Wildman–Crippen MR) is 295 cm³/mol. The van der Waals surface area contributed by atoms with Gasteiger partial charge in [0.1, 0.15) is 16.2 Å². The number of hydrogen-bond acceptors (Lipinski definition) is 5. The molecule has 8 aromatic carbocycles. The number of nitrogens with zero attached hydrogens (tertiary/aromatic N) is 2. The molecule has 7 heteroatoms. The summed E-state index contributed by atoms with van der Waals surface area (Å²) in [6.07, 6.45) is 2.32. The molecule has 0 spiro atoms. The molecular weight excluding hydrogens is 866 g/mol. The smallest absolute Gasteiger partial charge is 0.198 e. The summed E-state index contributed by atoms with van der Waals surface area (Å²) in [5.41, 5.74) is 19.3. The quantitative estimate of drug-likeness (QED) is 0.179. The number of anilines is 2. The van der Waals surface area contributed by atoms with Gasteiger partial charge in [-0.2, -0.15) is 0 Å². The molecule has 0 amide bonds. The van der Waals surface area contributed by atoms with Gasteiger partial charge in [0.25, 0.3) is 0 Å². The third-order valence-corrected chi connectivity index (χ3v) is 17.9. The molecule has 4 nitrogen and oxygen atoms in total. The lowest BCUT2D eigenvalue weighted by molar-refractivity contribution is 0.332. The summed E-state index contributed by atoms with van der Waals surface area (Å²) in [5, 5.41) is 12.6. The van der Waals surface area contributed by atoms with Crippen molar-refractivity contribution in [2.75, 3.05) is 5.32 Å². The fourth-order valence-corrected chi connectivity index (χ4v) is 13.8. The van der Waals surface area contributed by atoms with E-state index in [1.54, 1.807) is 11.3 Å². The minimum atomic E-state index is 0.0570. The van der Waals surface area contributed by atoms with Gasteiger partial charge in [-0.25, -0.2) is 4.98 Å². The maximum atomic E-state index is 6.94. The van der Waals surface area contributed by atoms with Gasteiger partial charge in [-0.1, -0.05) is 127 Å². The molecule has 68 heavy (non-hydrogen) atoms. The Balaban J connectivity index is 1.05. The summed E-state index contributed by atoms with van der Waals surface area (Å²) in [4.78, 5) is 5.27. The highest BCUT2D eigenvalue weighted by Crippen LogP contribution is 2.50. The SMILES string of the molecule is CC(C)(C)c1ccc(Nc2cc3oc4cc5c(cc4c3cc2-c2ccc3c4cc6c(cc4n4c3c2Bc2cc3nc(-c7ccccc7)sc3cc2-4)sc2ccccc26)C(C)(C)CCC5(C)C)cc1. The standard InChI is InChI=1S/C61H50BN3OS2/c1-59(2,3)34-17-19-35(20-18-34)63-47-30-52-41(42-27-44-45(28-51(42)66-52)61(6,7)24-23-60(44,4)5)25-39(47)37-21-22-38-40-26-43-36-15-11-12-16-53(36)67-54(43)31-49(40)65-50-32-55-48(29-46(50)62-56(37)57(38)65)64-58(68-55)33-13-9-8-10-14-33/h8-22,25-32,62-63H,23-24H2,1-7H3. The summed E-state index contributed by atoms with van der Waals surface area (Å²) in [7, 11) is 0.782. The molecule has 14 rings (SSSR count). The second kappa shape index (κ2) is 14.0. The van der Waals surface area contributed by atoms with E-state index >= 15 is 0 Å². The molecule has 1 aliphatic heterocycles. The van der Waals surface area contributed by atoms with Crippen LogP contribution in [0.15, 0.2) is 144 Å². The summed E-state index contributed by atoms with van der Waals surface area (Å²) >= 11 is 3.67. The molecule has 0 radical (unpaired) electrons. The Kier molecular flexibility index (Phi) is 8.30. The van der Waals surface area contributed by atoms with Crippen LogP contribution in [0, 0.1) is 0 Å². The van der Waals surface area contributed by atoms with Crippen molar-refractivity contribution < 1.29 is 4.42 Å². The van der Waals surface area contributed by atoms with Crippen LogP contribution in [0.25, 0.3) is 102 Å². The van der Waals surface area contributed by atoms with Crippen molar-refractivity contribution in [1.29, 1.82) is 0 Å². The zero-order valence-corrected chi connectivity index (χ0v) is 41.2. The van der Waals surface area contributed by atoms with Crippen LogP contribution in [0.3, 0.4) is 0 Å². The van der Waals surface area contributed by atoms with E-state index in [2.05, 4.69) is 198 Å². The highest BCUT2D eigenvalue weighted by Gasteiger charge is 2.38. The lowest BCUT2D eigenvalue weighted by Gasteiger charge is -2.41. The first kappa shape index (κ1) is 40.4. The fourth-order valence-electron chi connectivity index (χ4n) is 11.7. The van der Waals surface area contributed by atoms with E-state index in [1.807, 2.05) is 11.3 Å². The molecule has 12 aromatic rings. The highest BCUT2D eigenvalue weighted by molar-refractivity contribution is 7.26. The molecule has 5 heterocycles. The molecule has 4 aromatic heterocycles. The number of rotatable bonds is 4. The van der Waals surface area contributed by atoms with Crippen molar-refractivity contribution in [3.63, 3.8) is 0 Å². The van der Waals surface area contributed by atoms with E-state index in [9.17, 15) is 0 Å². The Morgan fingerprint density at radius 1 is 0.618 bits per heavy atom. The number of hydrogen-bond donors (Lipinski definition) is 1. The van der Waals surface area contributed by atoms with Gasteiger partial charge in [0.15, 0.2) is 7.28 Å². The Bertz CT molecular complexity index is 4120. The van der Waals surface area contributed by atoms with E-state index in [0.29, 0.717) is 0 Å². The number of thiophene rings is 1. The summed E-state index contributed by atoms with van der Waals surface area (Å²) in [6.45, 7) is 16.4. The lowest BCUT2D eigenvalue weighted by atomic mass is 9.59.